The number of anilines is 1. The molecule has 6 atom stereocenters. The third-order valence-electron chi connectivity index (χ3n) is 11.5. The van der Waals surface area contributed by atoms with Gasteiger partial charge in [0.05, 0.1) is 29.7 Å². The van der Waals surface area contributed by atoms with E-state index < -0.39 is 21.7 Å². The number of aryl methyl sites for hydroxylation is 1. The Morgan fingerprint density at radius 3 is 2.77 bits per heavy atom. The monoisotopic (exact) mass is 746 g/mol. The number of rotatable bonds is 5. The highest BCUT2D eigenvalue weighted by atomic mass is 35.5. The zero-order valence-electron chi connectivity index (χ0n) is 30.7. The predicted octanol–water partition coefficient (Wildman–Crippen LogP) is 8.18. The van der Waals surface area contributed by atoms with Gasteiger partial charge in [-0.1, -0.05) is 57.0 Å². The van der Waals surface area contributed by atoms with Crippen LogP contribution in [0.3, 0.4) is 0 Å². The fourth-order valence-electron chi connectivity index (χ4n) is 8.62. The van der Waals surface area contributed by atoms with Crippen LogP contribution in [-0.4, -0.2) is 59.3 Å². The molecule has 2 bridgehead atoms. The smallest absolute Gasteiger partial charge is 0.286 e. The fraction of sp³-hybridized carbons (Fsp3) is 0.512. The molecule has 1 N–H and O–H groups in total. The lowest BCUT2D eigenvalue weighted by molar-refractivity contribution is 0.0637. The summed E-state index contributed by atoms with van der Waals surface area (Å²) < 4.78 is 36.4. The van der Waals surface area contributed by atoms with Crippen LogP contribution in [-0.2, 0) is 26.5 Å². The SMILES string of the molecule is CC[C@H]1[C@@H](OC)/C=C/C[C@H](C)CS(=O)(NC(=O)c2ccn(C3CC3)c2)=NC(=O)c2ccc3c(c2)N(C[C@@H]1C)C[C@@]1(CCCc2cc(Cl)ccc21)CO3. The van der Waals surface area contributed by atoms with Crippen LogP contribution >= 0.6 is 11.6 Å². The maximum atomic E-state index is 14.6. The Morgan fingerprint density at radius 1 is 1.17 bits per heavy atom. The quantitative estimate of drug-likeness (QED) is 0.265. The maximum absolute atomic E-state index is 14.6. The van der Waals surface area contributed by atoms with Crippen LogP contribution in [0, 0.1) is 17.8 Å². The van der Waals surface area contributed by atoms with Gasteiger partial charge in [-0.3, -0.25) is 14.3 Å². The molecule has 4 aliphatic rings. The minimum Gasteiger partial charge on any atom is -0.490 e. The second kappa shape index (κ2) is 15.0. The molecule has 1 aromatic heterocycles. The summed E-state index contributed by atoms with van der Waals surface area (Å²) in [5.41, 5.74) is 3.76. The van der Waals surface area contributed by atoms with Gasteiger partial charge in [0.25, 0.3) is 11.8 Å². The third kappa shape index (κ3) is 7.71. The van der Waals surface area contributed by atoms with E-state index in [2.05, 4.69) is 52.1 Å². The van der Waals surface area contributed by atoms with Gasteiger partial charge >= 0.3 is 0 Å². The number of hydrogen-bond donors (Lipinski definition) is 1. The number of carbonyl (C=O) groups is 2. The molecule has 2 aliphatic heterocycles. The number of nitrogens with one attached hydrogen (secondary N) is 1. The molecule has 11 heteroatoms. The summed E-state index contributed by atoms with van der Waals surface area (Å²) in [6, 6.07) is 13.7. The number of ether oxygens (including phenoxy) is 2. The van der Waals surface area contributed by atoms with Crippen molar-refractivity contribution in [2.75, 3.05) is 37.5 Å². The molecule has 3 heterocycles. The Kier molecular flexibility index (Phi) is 10.6. The van der Waals surface area contributed by atoms with E-state index >= 15 is 0 Å². The van der Waals surface area contributed by atoms with E-state index in [1.165, 1.54) is 11.1 Å². The summed E-state index contributed by atoms with van der Waals surface area (Å²) in [5, 5.41) is 0.738. The third-order valence-corrected chi connectivity index (χ3v) is 13.7. The average Bonchev–Trinajstić information content (AvgIpc) is 3.87. The van der Waals surface area contributed by atoms with E-state index in [-0.39, 0.29) is 35.0 Å². The van der Waals surface area contributed by atoms with Crippen LogP contribution in [0.2, 0.25) is 5.02 Å². The molecule has 1 unspecified atom stereocenters. The van der Waals surface area contributed by atoms with E-state index in [9.17, 15) is 13.8 Å². The van der Waals surface area contributed by atoms with Crippen molar-refractivity contribution in [3.8, 4) is 5.75 Å². The first-order chi connectivity index (χ1) is 25.0. The number of amides is 2. The second-order valence-corrected chi connectivity index (χ2v) is 18.0. The van der Waals surface area contributed by atoms with Crippen LogP contribution in [0.5, 0.6) is 5.75 Å². The van der Waals surface area contributed by atoms with Gasteiger partial charge in [-0.05, 0) is 104 Å². The van der Waals surface area contributed by atoms with Gasteiger partial charge in [0.1, 0.15) is 15.7 Å². The average molecular weight is 747 g/mol. The highest BCUT2D eigenvalue weighted by molar-refractivity contribution is 7.92. The summed E-state index contributed by atoms with van der Waals surface area (Å²) in [5.74, 6) is -0.102. The predicted molar refractivity (Wildman–Crippen MR) is 207 cm³/mol. The summed E-state index contributed by atoms with van der Waals surface area (Å²) in [7, 11) is -1.75. The first-order valence-electron chi connectivity index (χ1n) is 18.8. The molecule has 1 spiro atoms. The molecule has 9 nitrogen and oxygen atoms in total. The molecule has 52 heavy (non-hydrogen) atoms. The number of allylic oxidation sites excluding steroid dienone is 1. The normalized spacial score (nSPS) is 30.1. The van der Waals surface area contributed by atoms with Crippen LogP contribution in [0.4, 0.5) is 5.69 Å². The fourth-order valence-corrected chi connectivity index (χ4v) is 10.7. The molecule has 3 aromatic rings. The van der Waals surface area contributed by atoms with Crippen molar-refractivity contribution in [2.45, 2.75) is 83.3 Å². The topological polar surface area (TPSA) is 102 Å². The van der Waals surface area contributed by atoms with Crippen LogP contribution in [0.15, 0.2) is 71.4 Å². The lowest BCUT2D eigenvalue weighted by atomic mass is 9.70. The molecule has 2 aromatic carbocycles. The summed E-state index contributed by atoms with van der Waals surface area (Å²) >= 11 is 6.47. The molecule has 1 saturated carbocycles. The number of fused-ring (bicyclic) bond motifs is 3. The Labute approximate surface area is 313 Å². The van der Waals surface area contributed by atoms with Crippen LogP contribution in [0.1, 0.15) is 97.2 Å². The molecule has 7 rings (SSSR count). The second-order valence-electron chi connectivity index (χ2n) is 15.5. The van der Waals surface area contributed by atoms with E-state index in [0.717, 1.165) is 49.2 Å². The van der Waals surface area contributed by atoms with E-state index in [4.69, 9.17) is 21.1 Å². The standard InChI is InChI=1S/C41H51ClN4O5S/c1-5-34-28(3)22-46-25-41(18-7-9-29-20-32(42)12-15-35(29)41)26-51-38-16-11-30(21-36(38)46)39(47)43-52(49,24-27(2)8-6-10-37(34)50-4)44-40(48)31-17-19-45(23-31)33-13-14-33/h6,10-12,15-17,19-21,23,27-28,33-34,37H,5,7-9,13-14,18,22,24-26H2,1-4H3,(H,43,44,47,48,49)/b10-6+/t27-,28-,34+,37-,41-,52?/m0/s1. The van der Waals surface area contributed by atoms with Crippen molar-refractivity contribution in [3.63, 3.8) is 0 Å². The molecule has 1 fully saturated rings. The Bertz CT molecular complexity index is 1980. The molecule has 2 aliphatic carbocycles. The number of methoxy groups -OCH3 is 1. The van der Waals surface area contributed by atoms with Gasteiger partial charge < -0.3 is 18.9 Å². The van der Waals surface area contributed by atoms with Gasteiger partial charge in [0.15, 0.2) is 0 Å². The maximum Gasteiger partial charge on any atom is 0.286 e. The van der Waals surface area contributed by atoms with Crippen molar-refractivity contribution in [3.05, 3.63) is 94.3 Å². The lowest BCUT2D eigenvalue weighted by Crippen LogP contribution is -2.47. The highest BCUT2D eigenvalue weighted by Crippen LogP contribution is 2.45. The number of nitrogens with zero attached hydrogens (tertiary/aromatic N) is 3. The first-order valence-corrected chi connectivity index (χ1v) is 20.8. The van der Waals surface area contributed by atoms with Crippen LogP contribution in [0.25, 0.3) is 0 Å². The Balaban J connectivity index is 1.30. The summed E-state index contributed by atoms with van der Waals surface area (Å²) in [4.78, 5) is 29.9. The van der Waals surface area contributed by atoms with Gasteiger partial charge in [-0.15, -0.1) is 4.36 Å². The van der Waals surface area contributed by atoms with Gasteiger partial charge in [0.2, 0.25) is 0 Å². The summed E-state index contributed by atoms with van der Waals surface area (Å²) in [6.07, 6.45) is 14.4. The van der Waals surface area contributed by atoms with Crippen molar-refractivity contribution in [2.24, 2.45) is 22.1 Å². The molecule has 0 radical (unpaired) electrons. The van der Waals surface area contributed by atoms with E-state index in [1.807, 2.05) is 35.9 Å². The van der Waals surface area contributed by atoms with E-state index in [1.54, 1.807) is 25.4 Å². The van der Waals surface area contributed by atoms with Crippen molar-refractivity contribution in [1.29, 1.82) is 0 Å². The van der Waals surface area contributed by atoms with Crippen LogP contribution < -0.4 is 14.4 Å². The van der Waals surface area contributed by atoms with Gasteiger partial charge in [-0.25, -0.2) is 4.21 Å². The van der Waals surface area contributed by atoms with E-state index in [0.29, 0.717) is 49.0 Å². The number of hydrogen-bond acceptors (Lipinski definition) is 6. The summed E-state index contributed by atoms with van der Waals surface area (Å²) in [6.45, 7) is 8.37. The Hall–Kier alpha value is -3.60. The minimum atomic E-state index is -3.51. The van der Waals surface area contributed by atoms with Gasteiger partial charge in [-0.2, -0.15) is 0 Å². The number of halogens is 1. The number of carbonyl (C=O) groups excluding carboxylic acids is 2. The highest BCUT2D eigenvalue weighted by Gasteiger charge is 2.42. The zero-order valence-corrected chi connectivity index (χ0v) is 32.3. The van der Waals surface area contributed by atoms with Crippen molar-refractivity contribution >= 4 is 39.0 Å². The first kappa shape index (κ1) is 36.7. The minimum absolute atomic E-state index is 0.0233. The zero-order chi connectivity index (χ0) is 36.6. The molecular formula is C41H51ClN4O5S. The Morgan fingerprint density at radius 2 is 2.00 bits per heavy atom. The molecule has 278 valence electrons. The van der Waals surface area contributed by atoms with Crippen molar-refractivity contribution in [1.82, 2.24) is 9.29 Å². The largest absolute Gasteiger partial charge is 0.490 e. The van der Waals surface area contributed by atoms with Crippen molar-refractivity contribution < 1.29 is 23.3 Å². The molecule has 2 amide bonds. The molecular weight excluding hydrogens is 696 g/mol. The molecule has 0 saturated heterocycles. The lowest BCUT2D eigenvalue weighted by Gasteiger charge is -2.42. The number of benzene rings is 2. The number of aromatic nitrogens is 1. The van der Waals surface area contributed by atoms with Gasteiger partial charge in [0, 0.05) is 54.6 Å².